The topological polar surface area (TPSA) is 60.4 Å². The Labute approximate surface area is 59.6 Å². The van der Waals surface area contributed by atoms with Gasteiger partial charge in [0.15, 0.2) is 6.29 Å². The monoisotopic (exact) mass is 164 g/mol. The molecule has 0 bridgehead atoms. The van der Waals surface area contributed by atoms with E-state index in [4.69, 9.17) is 0 Å². The molecule has 0 spiro atoms. The Morgan fingerprint density at radius 1 is 1.70 bits per heavy atom. The van der Waals surface area contributed by atoms with Crippen LogP contribution in [0.1, 0.15) is 6.92 Å². The van der Waals surface area contributed by atoms with Crippen molar-refractivity contribution >= 4 is 16.4 Å². The molecule has 0 heterocycles. The fraction of sp³-hybridized carbons (Fsp3) is 0.400. The summed E-state index contributed by atoms with van der Waals surface area (Å²) < 4.78 is 25.4. The van der Waals surface area contributed by atoms with Crippen molar-refractivity contribution in [3.05, 3.63) is 11.5 Å². The average Bonchev–Trinajstić information content (AvgIpc) is 1.86. The number of carbonyl (C=O) groups is 1. The van der Waals surface area contributed by atoms with E-state index < -0.39 is 15.0 Å². The largest absolute Gasteiger partial charge is 0.299 e. The van der Waals surface area contributed by atoms with E-state index in [0.717, 1.165) is 0 Å². The first kappa shape index (κ1) is 9.32. The van der Waals surface area contributed by atoms with E-state index >= 15 is 0 Å². The Bertz CT molecular complexity index is 226. The summed E-state index contributed by atoms with van der Waals surface area (Å²) in [6, 6.07) is 0. The molecule has 10 heavy (non-hydrogen) atoms. The highest BCUT2D eigenvalue weighted by molar-refractivity contribution is 7.91. The maximum atomic E-state index is 10.6. The molecule has 0 N–H and O–H groups in total. The van der Waals surface area contributed by atoms with Crippen LogP contribution in [-0.4, -0.2) is 21.3 Å². The van der Waals surface area contributed by atoms with Crippen molar-refractivity contribution in [3.8, 4) is 0 Å². The van der Waals surface area contributed by atoms with E-state index in [2.05, 4.69) is 10.8 Å². The van der Waals surface area contributed by atoms with E-state index in [9.17, 15) is 13.2 Å². The lowest BCUT2D eigenvalue weighted by molar-refractivity contribution is -0.104. The Morgan fingerprint density at radius 3 is 2.50 bits per heavy atom. The first-order chi connectivity index (χ1) is 4.54. The highest BCUT2D eigenvalue weighted by Crippen LogP contribution is 2.01. The standard InChI is InChI=1S/C5H8O4S/c1-3-9-10(7,8)5(2)4-6/h4H,2-3H2,1H3. The van der Waals surface area contributed by atoms with Crippen molar-refractivity contribution in [2.24, 2.45) is 0 Å². The van der Waals surface area contributed by atoms with Crippen molar-refractivity contribution in [3.63, 3.8) is 0 Å². The van der Waals surface area contributed by atoms with Gasteiger partial charge in [-0.05, 0) is 6.92 Å². The molecule has 0 unspecified atom stereocenters. The Balaban J connectivity index is 4.42. The molecule has 58 valence electrons. The van der Waals surface area contributed by atoms with Crippen LogP contribution in [0.15, 0.2) is 11.5 Å². The van der Waals surface area contributed by atoms with Crippen molar-refractivity contribution in [2.45, 2.75) is 6.92 Å². The van der Waals surface area contributed by atoms with E-state index in [0.29, 0.717) is 0 Å². The third-order valence-electron chi connectivity index (χ3n) is 0.726. The molecule has 0 saturated carbocycles. The minimum Gasteiger partial charge on any atom is -0.297 e. The van der Waals surface area contributed by atoms with Crippen LogP contribution in [0, 0.1) is 0 Å². The maximum Gasteiger partial charge on any atom is 0.299 e. The highest BCUT2D eigenvalue weighted by atomic mass is 32.2. The quantitative estimate of drug-likeness (QED) is 0.335. The van der Waals surface area contributed by atoms with E-state index in [1.807, 2.05) is 0 Å². The predicted octanol–water partition coefficient (Wildman–Crippen LogP) is 0.0653. The summed E-state index contributed by atoms with van der Waals surface area (Å²) in [5.74, 6) is 0. The fourth-order valence-electron chi connectivity index (χ4n) is 0.290. The molecule has 4 nitrogen and oxygen atoms in total. The molecule has 0 saturated heterocycles. The van der Waals surface area contributed by atoms with Gasteiger partial charge >= 0.3 is 0 Å². The van der Waals surface area contributed by atoms with E-state index in [1.54, 1.807) is 0 Å². The molecule has 0 aliphatic rings. The van der Waals surface area contributed by atoms with Gasteiger partial charge in [-0.3, -0.25) is 8.98 Å². The van der Waals surface area contributed by atoms with Gasteiger partial charge in [0.1, 0.15) is 4.91 Å². The molecular formula is C5H8O4S. The van der Waals surface area contributed by atoms with Crippen LogP contribution < -0.4 is 0 Å². The molecule has 0 fully saturated rings. The van der Waals surface area contributed by atoms with Gasteiger partial charge in [0.25, 0.3) is 10.1 Å². The van der Waals surface area contributed by atoms with Gasteiger partial charge < -0.3 is 0 Å². The number of carbonyl (C=O) groups excluding carboxylic acids is 1. The smallest absolute Gasteiger partial charge is 0.297 e. The summed E-state index contributed by atoms with van der Waals surface area (Å²) in [6.45, 7) is 4.50. The van der Waals surface area contributed by atoms with Crippen molar-refractivity contribution in [2.75, 3.05) is 6.61 Å². The molecule has 0 aromatic heterocycles. The van der Waals surface area contributed by atoms with Crippen LogP contribution in [0.25, 0.3) is 0 Å². The molecule has 0 atom stereocenters. The molecular weight excluding hydrogens is 156 g/mol. The van der Waals surface area contributed by atoms with Crippen LogP contribution in [-0.2, 0) is 19.1 Å². The molecule has 0 radical (unpaired) electrons. The SMILES string of the molecule is C=C(C=O)S(=O)(=O)OCC. The lowest BCUT2D eigenvalue weighted by atomic mass is 10.7. The minimum atomic E-state index is -3.82. The van der Waals surface area contributed by atoms with Gasteiger partial charge in [-0.1, -0.05) is 6.58 Å². The lowest BCUT2D eigenvalue weighted by Crippen LogP contribution is -2.08. The summed E-state index contributed by atoms with van der Waals surface area (Å²) in [6.07, 6.45) is 0.144. The van der Waals surface area contributed by atoms with Crippen LogP contribution >= 0.6 is 0 Å². The van der Waals surface area contributed by atoms with Gasteiger partial charge in [-0.25, -0.2) is 0 Å². The molecule has 0 aromatic carbocycles. The average molecular weight is 164 g/mol. The van der Waals surface area contributed by atoms with Gasteiger partial charge in [-0.2, -0.15) is 8.42 Å². The van der Waals surface area contributed by atoms with Gasteiger partial charge in [0.05, 0.1) is 6.61 Å². The van der Waals surface area contributed by atoms with E-state index in [-0.39, 0.29) is 12.9 Å². The maximum absolute atomic E-state index is 10.6. The highest BCUT2D eigenvalue weighted by Gasteiger charge is 2.13. The summed E-state index contributed by atoms with van der Waals surface area (Å²) in [4.78, 5) is 9.32. The van der Waals surface area contributed by atoms with Crippen LogP contribution in [0.3, 0.4) is 0 Å². The van der Waals surface area contributed by atoms with Crippen LogP contribution in [0.2, 0.25) is 0 Å². The Morgan fingerprint density at radius 2 is 2.20 bits per heavy atom. The zero-order valence-electron chi connectivity index (χ0n) is 5.53. The van der Waals surface area contributed by atoms with Crippen molar-refractivity contribution < 1.29 is 17.4 Å². The number of allylic oxidation sites excluding steroid dienone is 1. The molecule has 0 amide bonds. The second-order valence-corrected chi connectivity index (χ2v) is 3.11. The fourth-order valence-corrected chi connectivity index (χ4v) is 0.869. The van der Waals surface area contributed by atoms with Crippen LogP contribution in [0.5, 0.6) is 0 Å². The zero-order valence-corrected chi connectivity index (χ0v) is 6.35. The molecule has 0 aromatic rings. The first-order valence-corrected chi connectivity index (χ1v) is 3.99. The number of hydrogen-bond acceptors (Lipinski definition) is 4. The normalized spacial score (nSPS) is 10.9. The van der Waals surface area contributed by atoms with Gasteiger partial charge in [-0.15, -0.1) is 0 Å². The third kappa shape index (κ3) is 2.28. The van der Waals surface area contributed by atoms with Gasteiger partial charge in [0, 0.05) is 0 Å². The number of rotatable bonds is 4. The molecule has 0 rings (SSSR count). The summed E-state index contributed by atoms with van der Waals surface area (Å²) in [7, 11) is -3.82. The summed E-state index contributed by atoms with van der Waals surface area (Å²) >= 11 is 0. The number of hydrogen-bond donors (Lipinski definition) is 0. The Kier molecular flexibility index (Phi) is 3.24. The third-order valence-corrected chi connectivity index (χ3v) is 2.01. The lowest BCUT2D eigenvalue weighted by Gasteiger charge is -1.98. The summed E-state index contributed by atoms with van der Waals surface area (Å²) in [5, 5.41) is 0. The summed E-state index contributed by atoms with van der Waals surface area (Å²) in [5.41, 5.74) is 0. The molecule has 0 aliphatic heterocycles. The molecule has 0 aliphatic carbocycles. The second kappa shape index (κ2) is 3.48. The van der Waals surface area contributed by atoms with Crippen LogP contribution in [0.4, 0.5) is 0 Å². The Hall–Kier alpha value is -0.680. The predicted molar refractivity (Wildman–Crippen MR) is 35.7 cm³/mol. The first-order valence-electron chi connectivity index (χ1n) is 2.58. The zero-order chi connectivity index (χ0) is 8.20. The minimum absolute atomic E-state index is 0.00912. The van der Waals surface area contributed by atoms with E-state index in [1.165, 1.54) is 6.92 Å². The van der Waals surface area contributed by atoms with Crippen molar-refractivity contribution in [1.82, 2.24) is 0 Å². The number of aldehydes is 1. The van der Waals surface area contributed by atoms with Gasteiger partial charge in [0.2, 0.25) is 0 Å². The second-order valence-electron chi connectivity index (χ2n) is 1.44. The van der Waals surface area contributed by atoms with Crippen molar-refractivity contribution in [1.29, 1.82) is 0 Å². The molecule has 5 heteroatoms.